The van der Waals surface area contributed by atoms with Gasteiger partial charge in [-0.15, -0.1) is 0 Å². The molecular weight excluding hydrogens is 536 g/mol. The monoisotopic (exact) mass is 562 g/mol. The summed E-state index contributed by atoms with van der Waals surface area (Å²) in [6.45, 7) is 0. The van der Waals surface area contributed by atoms with Crippen LogP contribution in [0.25, 0.3) is 77.6 Å². The van der Waals surface area contributed by atoms with Crippen LogP contribution in [0.2, 0.25) is 0 Å². The summed E-state index contributed by atoms with van der Waals surface area (Å²) in [6.07, 6.45) is 2.15. The number of nitrogens with zero attached hydrogens (tertiary/aromatic N) is 4. The third kappa shape index (κ3) is 3.85. The second-order valence-electron chi connectivity index (χ2n) is 11.1. The zero-order valence-corrected chi connectivity index (χ0v) is 23.8. The van der Waals surface area contributed by atoms with E-state index in [9.17, 15) is 0 Å². The van der Waals surface area contributed by atoms with Crippen LogP contribution in [0.15, 0.2) is 158 Å². The van der Waals surface area contributed by atoms with Crippen molar-refractivity contribution in [3.05, 3.63) is 158 Å². The van der Waals surface area contributed by atoms with Gasteiger partial charge in [-0.1, -0.05) is 109 Å². The minimum Gasteiger partial charge on any atom is -0.317 e. The topological polar surface area (TPSA) is 35.6 Å². The molecule has 3 heterocycles. The third-order valence-corrected chi connectivity index (χ3v) is 8.57. The minimum atomic E-state index is 0.666. The van der Waals surface area contributed by atoms with Crippen LogP contribution in [-0.4, -0.2) is 19.1 Å². The molecule has 0 radical (unpaired) electrons. The van der Waals surface area contributed by atoms with E-state index in [-0.39, 0.29) is 0 Å². The van der Waals surface area contributed by atoms with Crippen molar-refractivity contribution in [1.82, 2.24) is 19.1 Å². The first kappa shape index (κ1) is 24.6. The molecule has 0 unspecified atom stereocenters. The summed E-state index contributed by atoms with van der Waals surface area (Å²) in [5.74, 6) is 0.666. The fraction of sp³-hybridized carbons (Fsp3) is 0. The van der Waals surface area contributed by atoms with Gasteiger partial charge in [0.15, 0.2) is 0 Å². The molecule has 44 heavy (non-hydrogen) atoms. The molecule has 0 saturated carbocycles. The molecule has 0 saturated heterocycles. The second kappa shape index (κ2) is 9.79. The molecule has 0 N–H and O–H groups in total. The highest BCUT2D eigenvalue weighted by Crippen LogP contribution is 2.36. The highest BCUT2D eigenvalue weighted by Gasteiger charge is 2.18. The highest BCUT2D eigenvalue weighted by atomic mass is 15.2. The SMILES string of the molecule is c1ccc(-c2ccc(-c3nc(-n4c5ccccc5c5cc6c(ccn6-c6ccccc6)cc54)nc4ccccc34)cc2)cc1. The summed E-state index contributed by atoms with van der Waals surface area (Å²) in [5.41, 5.74) is 9.78. The lowest BCUT2D eigenvalue weighted by atomic mass is 10.0. The van der Waals surface area contributed by atoms with Gasteiger partial charge >= 0.3 is 0 Å². The first-order valence-corrected chi connectivity index (χ1v) is 14.8. The lowest BCUT2D eigenvalue weighted by Gasteiger charge is -2.12. The van der Waals surface area contributed by atoms with Crippen LogP contribution in [0.1, 0.15) is 0 Å². The highest BCUT2D eigenvalue weighted by molar-refractivity contribution is 6.13. The van der Waals surface area contributed by atoms with E-state index < -0.39 is 0 Å². The van der Waals surface area contributed by atoms with Gasteiger partial charge in [-0.2, -0.15) is 0 Å². The molecule has 4 heteroatoms. The van der Waals surface area contributed by atoms with Gasteiger partial charge in [-0.05, 0) is 53.6 Å². The van der Waals surface area contributed by atoms with E-state index in [2.05, 4.69) is 155 Å². The van der Waals surface area contributed by atoms with E-state index in [1.807, 2.05) is 12.1 Å². The molecule has 0 spiro atoms. The molecule has 0 atom stereocenters. The molecule has 206 valence electrons. The first-order chi connectivity index (χ1) is 21.8. The van der Waals surface area contributed by atoms with Crippen molar-refractivity contribution in [2.75, 3.05) is 0 Å². The Balaban J connectivity index is 1.28. The molecule has 0 fully saturated rings. The Bertz CT molecular complexity index is 2470. The Kier molecular flexibility index (Phi) is 5.47. The quantitative estimate of drug-likeness (QED) is 0.214. The molecule has 4 nitrogen and oxygen atoms in total. The van der Waals surface area contributed by atoms with Gasteiger partial charge in [-0.25, -0.2) is 9.97 Å². The predicted octanol–water partition coefficient (Wildman–Crippen LogP) is 10.0. The van der Waals surface area contributed by atoms with Crippen LogP contribution in [0, 0.1) is 0 Å². The maximum absolute atomic E-state index is 5.30. The van der Waals surface area contributed by atoms with E-state index >= 15 is 0 Å². The standard InChI is InChI=1S/C40H26N4/c1-3-11-27(12-4-1)28-19-21-29(22-20-28)39-33-16-7-9-17-35(33)41-40(42-39)44-36-18-10-8-15-32(36)34-26-37-30(25-38(34)44)23-24-43(37)31-13-5-2-6-14-31/h1-26H. The van der Waals surface area contributed by atoms with Gasteiger partial charge in [0.05, 0.1) is 27.8 Å². The molecule has 0 amide bonds. The smallest absolute Gasteiger partial charge is 0.235 e. The van der Waals surface area contributed by atoms with Crippen molar-refractivity contribution in [1.29, 1.82) is 0 Å². The van der Waals surface area contributed by atoms with Gasteiger partial charge in [0, 0.05) is 39.0 Å². The number of rotatable bonds is 4. The van der Waals surface area contributed by atoms with E-state index in [0.717, 1.165) is 38.9 Å². The van der Waals surface area contributed by atoms with E-state index in [0.29, 0.717) is 5.95 Å². The summed E-state index contributed by atoms with van der Waals surface area (Å²) < 4.78 is 4.48. The fourth-order valence-electron chi connectivity index (χ4n) is 6.46. The first-order valence-electron chi connectivity index (χ1n) is 14.8. The van der Waals surface area contributed by atoms with Crippen molar-refractivity contribution >= 4 is 43.6 Å². The molecule has 9 aromatic rings. The molecule has 0 aliphatic rings. The second-order valence-corrected chi connectivity index (χ2v) is 11.1. The maximum atomic E-state index is 5.30. The Labute approximate surface area is 254 Å². The summed E-state index contributed by atoms with van der Waals surface area (Å²) in [7, 11) is 0. The molecule has 0 bridgehead atoms. The number of benzene rings is 6. The van der Waals surface area contributed by atoms with Crippen molar-refractivity contribution < 1.29 is 0 Å². The average molecular weight is 563 g/mol. The molecule has 3 aromatic heterocycles. The summed E-state index contributed by atoms with van der Waals surface area (Å²) in [6, 6.07) is 53.3. The number of para-hydroxylation sites is 3. The van der Waals surface area contributed by atoms with Crippen LogP contribution < -0.4 is 0 Å². The fourth-order valence-corrected chi connectivity index (χ4v) is 6.46. The zero-order valence-electron chi connectivity index (χ0n) is 23.8. The number of aromatic nitrogens is 4. The van der Waals surface area contributed by atoms with Crippen LogP contribution >= 0.6 is 0 Å². The van der Waals surface area contributed by atoms with E-state index in [1.165, 1.54) is 32.8 Å². The van der Waals surface area contributed by atoms with Crippen LogP contribution in [-0.2, 0) is 0 Å². The van der Waals surface area contributed by atoms with Gasteiger partial charge in [0.1, 0.15) is 0 Å². The Hall–Kier alpha value is -6.00. The summed E-state index contributed by atoms with van der Waals surface area (Å²) in [5, 5.41) is 4.56. The minimum absolute atomic E-state index is 0.666. The summed E-state index contributed by atoms with van der Waals surface area (Å²) in [4.78, 5) is 10.4. The number of hydrogen-bond donors (Lipinski definition) is 0. The van der Waals surface area contributed by atoms with Crippen LogP contribution in [0.4, 0.5) is 0 Å². The van der Waals surface area contributed by atoms with Gasteiger partial charge in [-0.3, -0.25) is 4.57 Å². The van der Waals surface area contributed by atoms with Crippen molar-refractivity contribution in [2.24, 2.45) is 0 Å². The lowest BCUT2D eigenvalue weighted by Crippen LogP contribution is -2.03. The van der Waals surface area contributed by atoms with Crippen molar-refractivity contribution in [2.45, 2.75) is 0 Å². The third-order valence-electron chi connectivity index (χ3n) is 8.57. The molecule has 0 aliphatic carbocycles. The van der Waals surface area contributed by atoms with Crippen molar-refractivity contribution in [3.63, 3.8) is 0 Å². The average Bonchev–Trinajstić information content (AvgIpc) is 3.66. The largest absolute Gasteiger partial charge is 0.317 e. The number of hydrogen-bond acceptors (Lipinski definition) is 2. The number of fused-ring (bicyclic) bond motifs is 5. The van der Waals surface area contributed by atoms with Crippen LogP contribution in [0.3, 0.4) is 0 Å². The van der Waals surface area contributed by atoms with E-state index in [4.69, 9.17) is 9.97 Å². The van der Waals surface area contributed by atoms with Gasteiger partial charge in [0.2, 0.25) is 5.95 Å². The Morgan fingerprint density at radius 3 is 1.91 bits per heavy atom. The maximum Gasteiger partial charge on any atom is 0.235 e. The van der Waals surface area contributed by atoms with Crippen molar-refractivity contribution in [3.8, 4) is 34.0 Å². The summed E-state index contributed by atoms with van der Waals surface area (Å²) >= 11 is 0. The molecule has 6 aromatic carbocycles. The van der Waals surface area contributed by atoms with E-state index in [1.54, 1.807) is 0 Å². The Morgan fingerprint density at radius 1 is 0.432 bits per heavy atom. The molecule has 9 rings (SSSR count). The van der Waals surface area contributed by atoms with Gasteiger partial charge < -0.3 is 4.57 Å². The predicted molar refractivity (Wildman–Crippen MR) is 182 cm³/mol. The normalized spacial score (nSPS) is 11.6. The van der Waals surface area contributed by atoms with Gasteiger partial charge in [0.25, 0.3) is 0 Å². The lowest BCUT2D eigenvalue weighted by molar-refractivity contribution is 1.01. The Morgan fingerprint density at radius 2 is 1.09 bits per heavy atom. The molecule has 0 aliphatic heterocycles. The molecular formula is C40H26N4. The van der Waals surface area contributed by atoms with Crippen LogP contribution in [0.5, 0.6) is 0 Å². The zero-order chi connectivity index (χ0) is 29.0.